The summed E-state index contributed by atoms with van der Waals surface area (Å²) in [5.41, 5.74) is 9.73. The van der Waals surface area contributed by atoms with E-state index in [0.29, 0.717) is 17.3 Å². The van der Waals surface area contributed by atoms with Crippen molar-refractivity contribution in [1.82, 2.24) is 29.6 Å². The fourth-order valence-corrected chi connectivity index (χ4v) is 2.84. The minimum atomic E-state index is 0.492. The summed E-state index contributed by atoms with van der Waals surface area (Å²) >= 11 is 0. The van der Waals surface area contributed by atoms with E-state index in [1.165, 1.54) is 0 Å². The van der Waals surface area contributed by atoms with Crippen LogP contribution in [0.5, 0.6) is 0 Å². The molecule has 26 heavy (non-hydrogen) atoms. The Morgan fingerprint density at radius 3 is 2.62 bits per heavy atom. The molecule has 0 bridgehead atoms. The highest BCUT2D eigenvalue weighted by Gasteiger charge is 2.12. The Morgan fingerprint density at radius 1 is 0.885 bits per heavy atom. The fraction of sp³-hybridized carbons (Fsp3) is 0. The third-order valence-electron chi connectivity index (χ3n) is 4.08. The highest BCUT2D eigenvalue weighted by molar-refractivity contribution is 5.75. The molecule has 3 N–H and O–H groups in total. The Bertz CT molecular complexity index is 1220. The van der Waals surface area contributed by atoms with Crippen LogP contribution in [-0.4, -0.2) is 29.6 Å². The van der Waals surface area contributed by atoms with Gasteiger partial charge in [-0.3, -0.25) is 0 Å². The van der Waals surface area contributed by atoms with Gasteiger partial charge in [0.05, 0.1) is 5.52 Å². The predicted octanol–water partition coefficient (Wildman–Crippen LogP) is 2.79. The lowest BCUT2D eigenvalue weighted by Crippen LogP contribution is -2.05. The molecule has 126 valence electrons. The van der Waals surface area contributed by atoms with E-state index in [9.17, 15) is 0 Å². The van der Waals surface area contributed by atoms with Crippen LogP contribution in [0.1, 0.15) is 0 Å². The van der Waals surface area contributed by atoms with Gasteiger partial charge in [-0.25, -0.2) is 0 Å². The Balaban J connectivity index is 1.61. The molecule has 0 fully saturated rings. The second-order valence-corrected chi connectivity index (χ2v) is 5.83. The zero-order valence-electron chi connectivity index (χ0n) is 13.6. The fourth-order valence-electron chi connectivity index (χ4n) is 2.84. The molecule has 0 radical (unpaired) electrons. The SMILES string of the molecule is Nc1ccc(Nc2nc3cccc(-n4nnc5ccccc54)n3n2)cc1. The van der Waals surface area contributed by atoms with Gasteiger partial charge in [-0.2, -0.15) is 14.2 Å². The van der Waals surface area contributed by atoms with Gasteiger partial charge in [-0.1, -0.05) is 23.4 Å². The van der Waals surface area contributed by atoms with E-state index in [-0.39, 0.29) is 0 Å². The molecule has 0 amide bonds. The summed E-state index contributed by atoms with van der Waals surface area (Å²) in [6.45, 7) is 0. The maximum Gasteiger partial charge on any atom is 0.247 e. The largest absolute Gasteiger partial charge is 0.399 e. The average Bonchev–Trinajstić information content (AvgIpc) is 3.27. The molecule has 5 aromatic rings. The molecule has 0 aliphatic carbocycles. The summed E-state index contributed by atoms with van der Waals surface area (Å²) < 4.78 is 3.49. The minimum absolute atomic E-state index is 0.492. The summed E-state index contributed by atoms with van der Waals surface area (Å²) in [6, 6.07) is 20.9. The number of benzene rings is 2. The lowest BCUT2D eigenvalue weighted by molar-refractivity contribution is 0.764. The highest BCUT2D eigenvalue weighted by atomic mass is 15.5. The lowest BCUT2D eigenvalue weighted by atomic mass is 10.3. The zero-order valence-corrected chi connectivity index (χ0v) is 13.6. The summed E-state index contributed by atoms with van der Waals surface area (Å²) in [7, 11) is 0. The summed E-state index contributed by atoms with van der Waals surface area (Å²) in [5, 5.41) is 16.2. The number of para-hydroxylation sites is 1. The maximum absolute atomic E-state index is 5.72. The van der Waals surface area contributed by atoms with Crippen LogP contribution in [0.4, 0.5) is 17.3 Å². The first-order valence-electron chi connectivity index (χ1n) is 8.07. The van der Waals surface area contributed by atoms with Crippen molar-refractivity contribution < 1.29 is 0 Å². The smallest absolute Gasteiger partial charge is 0.247 e. The lowest BCUT2D eigenvalue weighted by Gasteiger charge is -2.04. The molecule has 0 saturated carbocycles. The van der Waals surface area contributed by atoms with E-state index in [0.717, 1.165) is 22.5 Å². The number of fused-ring (bicyclic) bond motifs is 2. The van der Waals surface area contributed by atoms with Gasteiger partial charge in [0.2, 0.25) is 5.95 Å². The van der Waals surface area contributed by atoms with Crippen LogP contribution in [0.15, 0.2) is 66.7 Å². The molecule has 0 atom stereocenters. The number of nitrogens with one attached hydrogen (secondary N) is 1. The molecule has 0 aliphatic rings. The molecule has 0 spiro atoms. The summed E-state index contributed by atoms with van der Waals surface area (Å²) in [5.74, 6) is 1.25. The zero-order chi connectivity index (χ0) is 17.5. The van der Waals surface area contributed by atoms with E-state index in [1.807, 2.05) is 66.7 Å². The van der Waals surface area contributed by atoms with Gasteiger partial charge in [0.15, 0.2) is 11.5 Å². The molecule has 8 heteroatoms. The van der Waals surface area contributed by atoms with Gasteiger partial charge < -0.3 is 11.1 Å². The van der Waals surface area contributed by atoms with Crippen LogP contribution >= 0.6 is 0 Å². The van der Waals surface area contributed by atoms with Crippen LogP contribution in [0, 0.1) is 0 Å². The topological polar surface area (TPSA) is 98.9 Å². The molecule has 8 nitrogen and oxygen atoms in total. The van der Waals surface area contributed by atoms with Crippen molar-refractivity contribution in [3.05, 3.63) is 66.7 Å². The second-order valence-electron chi connectivity index (χ2n) is 5.83. The number of rotatable bonds is 3. The third kappa shape index (κ3) is 2.32. The number of nitrogen functional groups attached to an aromatic ring is 1. The molecule has 2 aromatic carbocycles. The van der Waals surface area contributed by atoms with Gasteiger partial charge in [-0.15, -0.1) is 10.2 Å². The quantitative estimate of drug-likeness (QED) is 0.489. The van der Waals surface area contributed by atoms with Crippen LogP contribution in [0.3, 0.4) is 0 Å². The van der Waals surface area contributed by atoms with Gasteiger partial charge in [0.25, 0.3) is 0 Å². The molecular weight excluding hydrogens is 328 g/mol. The van der Waals surface area contributed by atoms with Crippen molar-refractivity contribution in [1.29, 1.82) is 0 Å². The van der Waals surface area contributed by atoms with Crippen molar-refractivity contribution in [3.8, 4) is 5.82 Å². The van der Waals surface area contributed by atoms with Gasteiger partial charge in [0, 0.05) is 11.4 Å². The average molecular weight is 342 g/mol. The van der Waals surface area contributed by atoms with Crippen molar-refractivity contribution >= 4 is 34.0 Å². The van der Waals surface area contributed by atoms with E-state index < -0.39 is 0 Å². The Hall–Kier alpha value is -3.94. The summed E-state index contributed by atoms with van der Waals surface area (Å²) in [4.78, 5) is 4.53. The van der Waals surface area contributed by atoms with Crippen LogP contribution in [0.25, 0.3) is 22.5 Å². The van der Waals surface area contributed by atoms with Crippen molar-refractivity contribution in [2.75, 3.05) is 11.1 Å². The first kappa shape index (κ1) is 14.4. The molecule has 3 aromatic heterocycles. The number of hydrogen-bond acceptors (Lipinski definition) is 6. The molecule has 3 heterocycles. The minimum Gasteiger partial charge on any atom is -0.399 e. The van der Waals surface area contributed by atoms with Crippen molar-refractivity contribution in [2.24, 2.45) is 0 Å². The van der Waals surface area contributed by atoms with Gasteiger partial charge in [0.1, 0.15) is 5.52 Å². The first-order valence-corrected chi connectivity index (χ1v) is 8.07. The number of anilines is 3. The maximum atomic E-state index is 5.72. The number of hydrogen-bond donors (Lipinski definition) is 2. The van der Waals surface area contributed by atoms with E-state index in [1.54, 1.807) is 9.20 Å². The van der Waals surface area contributed by atoms with Gasteiger partial charge in [-0.05, 0) is 48.5 Å². The van der Waals surface area contributed by atoms with Crippen molar-refractivity contribution in [2.45, 2.75) is 0 Å². The number of nitrogens with two attached hydrogens (primary N) is 1. The Kier molecular flexibility index (Phi) is 3.08. The third-order valence-corrected chi connectivity index (χ3v) is 4.08. The molecule has 0 unspecified atom stereocenters. The standard InChI is InChI=1S/C18H14N8/c19-12-8-10-13(11-9-12)20-18-21-16-6-3-7-17(26(16)23-18)25-15-5-2-1-4-14(15)22-24-25/h1-11H,19H2,(H,20,23). The molecule has 0 aliphatic heterocycles. The van der Waals surface area contributed by atoms with Gasteiger partial charge >= 0.3 is 0 Å². The van der Waals surface area contributed by atoms with E-state index in [4.69, 9.17) is 5.73 Å². The first-order chi connectivity index (χ1) is 12.8. The molecule has 0 saturated heterocycles. The molecular formula is C18H14N8. The van der Waals surface area contributed by atoms with Crippen LogP contribution in [0.2, 0.25) is 0 Å². The number of nitrogens with zero attached hydrogens (tertiary/aromatic N) is 6. The summed E-state index contributed by atoms with van der Waals surface area (Å²) in [6.07, 6.45) is 0. The van der Waals surface area contributed by atoms with E-state index in [2.05, 4.69) is 25.7 Å². The second kappa shape index (κ2) is 5.55. The normalized spacial score (nSPS) is 11.2. The Morgan fingerprint density at radius 2 is 1.73 bits per heavy atom. The number of aromatic nitrogens is 6. The Labute approximate surface area is 147 Å². The van der Waals surface area contributed by atoms with Crippen LogP contribution < -0.4 is 11.1 Å². The number of pyridine rings is 1. The van der Waals surface area contributed by atoms with E-state index >= 15 is 0 Å². The van der Waals surface area contributed by atoms with Crippen molar-refractivity contribution in [3.63, 3.8) is 0 Å². The van der Waals surface area contributed by atoms with Crippen LogP contribution in [-0.2, 0) is 0 Å². The monoisotopic (exact) mass is 342 g/mol. The molecule has 5 rings (SSSR count). The predicted molar refractivity (Wildman–Crippen MR) is 99.5 cm³/mol. The highest BCUT2D eigenvalue weighted by Crippen LogP contribution is 2.19.